The first-order chi connectivity index (χ1) is 17.9. The molecule has 0 spiro atoms. The number of rotatable bonds is 11. The van der Waals surface area contributed by atoms with E-state index in [1.807, 2.05) is 6.92 Å². The molecule has 3 amide bonds. The number of carbonyl (C=O) groups is 2. The third kappa shape index (κ3) is 7.03. The number of nitrogens with zero attached hydrogens (tertiary/aromatic N) is 1. The summed E-state index contributed by atoms with van der Waals surface area (Å²) in [5.74, 6) is 0.918. The highest BCUT2D eigenvalue weighted by Gasteiger charge is 2.19. The van der Waals surface area contributed by atoms with E-state index in [9.17, 15) is 14.0 Å². The molecule has 0 aliphatic carbocycles. The lowest BCUT2D eigenvalue weighted by atomic mass is 10.1. The van der Waals surface area contributed by atoms with Crippen LogP contribution in [0.4, 0.5) is 20.6 Å². The van der Waals surface area contributed by atoms with Crippen molar-refractivity contribution in [1.29, 1.82) is 0 Å². The highest BCUT2D eigenvalue weighted by atomic mass is 19.1. The molecular weight excluding hydrogens is 481 g/mol. The molecule has 0 heterocycles. The largest absolute Gasteiger partial charge is 0.494 e. The Morgan fingerprint density at radius 3 is 2.05 bits per heavy atom. The van der Waals surface area contributed by atoms with E-state index in [1.54, 1.807) is 24.3 Å². The molecule has 10 heteroatoms. The molecule has 0 fully saturated rings. The normalized spacial score (nSPS) is 10.3. The van der Waals surface area contributed by atoms with Crippen LogP contribution in [0, 0.1) is 5.82 Å². The predicted octanol–water partition coefficient (Wildman–Crippen LogP) is 4.72. The zero-order chi connectivity index (χ0) is 26.8. The fourth-order valence-electron chi connectivity index (χ4n) is 3.56. The number of methoxy groups -OCH3 is 3. The van der Waals surface area contributed by atoms with Crippen LogP contribution in [0.1, 0.15) is 17.3 Å². The number of benzene rings is 3. The number of urea groups is 1. The Balaban J connectivity index is 1.72. The van der Waals surface area contributed by atoms with Crippen LogP contribution in [0.3, 0.4) is 0 Å². The van der Waals surface area contributed by atoms with Crippen LogP contribution in [0.5, 0.6) is 23.0 Å². The van der Waals surface area contributed by atoms with Gasteiger partial charge in [-0.25, -0.2) is 9.18 Å². The number of hydrogen-bond donors (Lipinski definition) is 2. The minimum Gasteiger partial charge on any atom is -0.494 e. The molecule has 0 bridgehead atoms. The van der Waals surface area contributed by atoms with Gasteiger partial charge < -0.3 is 29.6 Å². The summed E-state index contributed by atoms with van der Waals surface area (Å²) < 4.78 is 34.8. The van der Waals surface area contributed by atoms with Crippen molar-refractivity contribution < 1.29 is 32.9 Å². The van der Waals surface area contributed by atoms with E-state index in [0.29, 0.717) is 46.5 Å². The first kappa shape index (κ1) is 27.1. The Morgan fingerprint density at radius 1 is 0.892 bits per heavy atom. The second-order valence-corrected chi connectivity index (χ2v) is 7.69. The van der Waals surface area contributed by atoms with Gasteiger partial charge in [0.1, 0.15) is 11.6 Å². The second-order valence-electron chi connectivity index (χ2n) is 7.69. The van der Waals surface area contributed by atoms with Gasteiger partial charge in [0.15, 0.2) is 11.5 Å². The standard InChI is InChI=1S/C27H30FN3O6/c1-5-37-22-12-8-20(9-13-22)30-27(33)31(21-10-6-19(28)7-11-21)15-14-29-26(32)18-16-23(34-2)25(36-4)24(17-18)35-3/h6-13,16-17H,5,14-15H2,1-4H3,(H,29,32)(H,30,33). The van der Waals surface area contributed by atoms with Gasteiger partial charge >= 0.3 is 6.03 Å². The maximum absolute atomic E-state index is 13.5. The summed E-state index contributed by atoms with van der Waals surface area (Å²) >= 11 is 0. The molecule has 3 rings (SSSR count). The summed E-state index contributed by atoms with van der Waals surface area (Å²) in [7, 11) is 4.40. The van der Waals surface area contributed by atoms with Gasteiger partial charge in [0.25, 0.3) is 5.91 Å². The number of anilines is 2. The topological polar surface area (TPSA) is 98.4 Å². The molecule has 0 aromatic heterocycles. The Bertz CT molecular complexity index is 1180. The summed E-state index contributed by atoms with van der Waals surface area (Å²) in [6, 6.07) is 15.1. The molecule has 3 aromatic carbocycles. The minimum absolute atomic E-state index is 0.115. The third-order valence-electron chi connectivity index (χ3n) is 5.35. The van der Waals surface area contributed by atoms with E-state index >= 15 is 0 Å². The van der Waals surface area contributed by atoms with E-state index in [2.05, 4.69) is 10.6 Å². The van der Waals surface area contributed by atoms with Gasteiger partial charge in [-0.2, -0.15) is 0 Å². The van der Waals surface area contributed by atoms with Gasteiger partial charge in [-0.05, 0) is 67.6 Å². The fourth-order valence-corrected chi connectivity index (χ4v) is 3.56. The maximum Gasteiger partial charge on any atom is 0.326 e. The zero-order valence-electron chi connectivity index (χ0n) is 21.2. The van der Waals surface area contributed by atoms with E-state index in [0.717, 1.165) is 0 Å². The first-order valence-electron chi connectivity index (χ1n) is 11.5. The molecule has 0 unspecified atom stereocenters. The second kappa shape index (κ2) is 13.0. The molecular formula is C27H30FN3O6. The van der Waals surface area contributed by atoms with Crippen LogP contribution in [0.2, 0.25) is 0 Å². The van der Waals surface area contributed by atoms with Gasteiger partial charge in [0.05, 0.1) is 27.9 Å². The van der Waals surface area contributed by atoms with Crippen LogP contribution in [-0.4, -0.2) is 53.0 Å². The minimum atomic E-state index is -0.446. The summed E-state index contributed by atoms with van der Waals surface area (Å²) in [5.41, 5.74) is 1.32. The maximum atomic E-state index is 13.5. The van der Waals surface area contributed by atoms with Gasteiger partial charge in [-0.3, -0.25) is 9.69 Å². The van der Waals surface area contributed by atoms with Crippen molar-refractivity contribution in [1.82, 2.24) is 5.32 Å². The highest BCUT2D eigenvalue weighted by Crippen LogP contribution is 2.38. The van der Waals surface area contributed by atoms with Crippen LogP contribution in [0.15, 0.2) is 60.7 Å². The molecule has 0 saturated carbocycles. The number of carbonyl (C=O) groups excluding carboxylic acids is 2. The van der Waals surface area contributed by atoms with Crippen LogP contribution in [-0.2, 0) is 0 Å². The molecule has 0 atom stereocenters. The van der Waals surface area contributed by atoms with Crippen molar-refractivity contribution in [2.75, 3.05) is 51.2 Å². The summed E-state index contributed by atoms with van der Waals surface area (Å²) in [6.45, 7) is 2.65. The molecule has 0 radical (unpaired) electrons. The number of amides is 3. The lowest BCUT2D eigenvalue weighted by molar-refractivity contribution is 0.0953. The third-order valence-corrected chi connectivity index (χ3v) is 5.35. The highest BCUT2D eigenvalue weighted by molar-refractivity contribution is 6.02. The number of halogens is 1. The molecule has 0 aliphatic rings. The molecule has 37 heavy (non-hydrogen) atoms. The van der Waals surface area contributed by atoms with Gasteiger partial charge in [-0.15, -0.1) is 0 Å². The van der Waals surface area contributed by atoms with Crippen molar-refractivity contribution in [2.45, 2.75) is 6.92 Å². The fraction of sp³-hybridized carbons (Fsp3) is 0.259. The molecule has 2 N–H and O–H groups in total. The van der Waals surface area contributed by atoms with Gasteiger partial charge in [0, 0.05) is 30.0 Å². The van der Waals surface area contributed by atoms with E-state index in [4.69, 9.17) is 18.9 Å². The van der Waals surface area contributed by atoms with Crippen molar-refractivity contribution in [3.8, 4) is 23.0 Å². The van der Waals surface area contributed by atoms with Crippen molar-refractivity contribution in [3.05, 3.63) is 72.0 Å². The van der Waals surface area contributed by atoms with Crippen molar-refractivity contribution >= 4 is 23.3 Å². The Kier molecular flexibility index (Phi) is 9.54. The van der Waals surface area contributed by atoms with Crippen molar-refractivity contribution in [2.24, 2.45) is 0 Å². The van der Waals surface area contributed by atoms with Crippen LogP contribution < -0.4 is 34.5 Å². The van der Waals surface area contributed by atoms with Crippen LogP contribution >= 0.6 is 0 Å². The number of ether oxygens (including phenoxy) is 4. The quantitative estimate of drug-likeness (QED) is 0.387. The summed E-state index contributed by atoms with van der Waals surface area (Å²) in [4.78, 5) is 27.4. The lowest BCUT2D eigenvalue weighted by Crippen LogP contribution is -2.41. The number of hydrogen-bond acceptors (Lipinski definition) is 6. The van der Waals surface area contributed by atoms with Crippen molar-refractivity contribution in [3.63, 3.8) is 0 Å². The zero-order valence-corrected chi connectivity index (χ0v) is 21.2. The molecule has 9 nitrogen and oxygen atoms in total. The van der Waals surface area contributed by atoms with Gasteiger partial charge in [-0.1, -0.05) is 0 Å². The Morgan fingerprint density at radius 2 is 1.51 bits per heavy atom. The average molecular weight is 512 g/mol. The SMILES string of the molecule is CCOc1ccc(NC(=O)N(CCNC(=O)c2cc(OC)c(OC)c(OC)c2)c2ccc(F)cc2)cc1. The molecule has 0 saturated heterocycles. The van der Waals surface area contributed by atoms with E-state index in [-0.39, 0.29) is 13.1 Å². The lowest BCUT2D eigenvalue weighted by Gasteiger charge is -2.23. The monoisotopic (exact) mass is 511 g/mol. The molecule has 3 aromatic rings. The van der Waals surface area contributed by atoms with E-state index in [1.165, 1.54) is 62.6 Å². The summed E-state index contributed by atoms with van der Waals surface area (Å²) in [6.07, 6.45) is 0. The Hall–Kier alpha value is -4.47. The van der Waals surface area contributed by atoms with Crippen LogP contribution in [0.25, 0.3) is 0 Å². The predicted molar refractivity (Wildman–Crippen MR) is 139 cm³/mol. The molecule has 196 valence electrons. The molecule has 0 aliphatic heterocycles. The smallest absolute Gasteiger partial charge is 0.326 e. The van der Waals surface area contributed by atoms with E-state index < -0.39 is 17.8 Å². The first-order valence-corrected chi connectivity index (χ1v) is 11.5. The Labute approximate surface area is 215 Å². The summed E-state index contributed by atoms with van der Waals surface area (Å²) in [5, 5.41) is 5.60. The average Bonchev–Trinajstić information content (AvgIpc) is 2.91. The van der Waals surface area contributed by atoms with Gasteiger partial charge in [0.2, 0.25) is 5.75 Å². The number of nitrogens with one attached hydrogen (secondary N) is 2.